The zero-order valence-electron chi connectivity index (χ0n) is 18.0. The molecule has 164 valence electrons. The second-order valence-electron chi connectivity index (χ2n) is 7.43. The Balaban J connectivity index is 1.96. The van der Waals surface area contributed by atoms with E-state index in [-0.39, 0.29) is 29.2 Å². The molecule has 4 rings (SSSR count). The molecule has 2 aromatic carbocycles. The molecular weight excluding hydrogens is 414 g/mol. The van der Waals surface area contributed by atoms with Crippen molar-refractivity contribution in [2.75, 3.05) is 6.61 Å². The Kier molecular flexibility index (Phi) is 6.01. The van der Waals surface area contributed by atoms with Crippen LogP contribution in [0.4, 0.5) is 8.78 Å². The number of para-hydroxylation sites is 1. The SMILES string of the molecule is CCOCc1c(-c2cc3ccccc3nc2Oc2ccc(F)c(F)c2C)[nH]c(C)cc1=O. The third-order valence-electron chi connectivity index (χ3n) is 5.17. The molecule has 0 unspecified atom stereocenters. The first-order valence-electron chi connectivity index (χ1n) is 10.2. The molecule has 0 radical (unpaired) electrons. The van der Waals surface area contributed by atoms with Gasteiger partial charge in [-0.05, 0) is 45.0 Å². The van der Waals surface area contributed by atoms with Gasteiger partial charge in [0, 0.05) is 34.9 Å². The number of aromatic amines is 1. The van der Waals surface area contributed by atoms with Gasteiger partial charge in [-0.2, -0.15) is 0 Å². The standard InChI is InChI=1S/C25H22F2N2O3/c1-4-31-13-18-21(30)11-14(2)28-24(18)17-12-16-7-5-6-8-20(16)29-25(17)32-22-10-9-19(26)23(27)15(22)3/h5-12H,4,13H2,1-3H3,(H,28,30). The van der Waals surface area contributed by atoms with Gasteiger partial charge in [-0.3, -0.25) is 4.79 Å². The molecule has 7 heteroatoms. The number of aromatic nitrogens is 2. The molecule has 0 aliphatic rings. The lowest BCUT2D eigenvalue weighted by Gasteiger charge is -2.16. The molecule has 0 spiro atoms. The van der Waals surface area contributed by atoms with Crippen molar-refractivity contribution in [2.45, 2.75) is 27.4 Å². The first-order chi connectivity index (χ1) is 15.4. The van der Waals surface area contributed by atoms with E-state index in [1.165, 1.54) is 19.1 Å². The second kappa shape index (κ2) is 8.88. The van der Waals surface area contributed by atoms with Crippen LogP contribution in [0, 0.1) is 25.5 Å². The van der Waals surface area contributed by atoms with E-state index in [4.69, 9.17) is 9.47 Å². The van der Waals surface area contributed by atoms with Gasteiger partial charge in [0.2, 0.25) is 5.88 Å². The molecule has 0 bridgehead atoms. The van der Waals surface area contributed by atoms with Crippen molar-refractivity contribution in [2.24, 2.45) is 0 Å². The fraction of sp³-hybridized carbons (Fsp3) is 0.200. The lowest BCUT2D eigenvalue weighted by molar-refractivity contribution is 0.133. The summed E-state index contributed by atoms with van der Waals surface area (Å²) in [7, 11) is 0. The molecule has 0 atom stereocenters. The van der Waals surface area contributed by atoms with Crippen LogP contribution in [0.2, 0.25) is 0 Å². The van der Waals surface area contributed by atoms with Crippen LogP contribution >= 0.6 is 0 Å². The number of nitrogens with zero attached hydrogens (tertiary/aromatic N) is 1. The van der Waals surface area contributed by atoms with Gasteiger partial charge < -0.3 is 14.5 Å². The van der Waals surface area contributed by atoms with Crippen LogP contribution in [0.5, 0.6) is 11.6 Å². The lowest BCUT2D eigenvalue weighted by Crippen LogP contribution is -2.14. The maximum absolute atomic E-state index is 14.1. The molecule has 4 aromatic rings. The minimum atomic E-state index is -0.981. The molecule has 5 nitrogen and oxygen atoms in total. The number of rotatable bonds is 6. The highest BCUT2D eigenvalue weighted by Gasteiger charge is 2.20. The lowest BCUT2D eigenvalue weighted by atomic mass is 10.0. The van der Waals surface area contributed by atoms with Crippen molar-refractivity contribution in [3.05, 3.63) is 87.2 Å². The van der Waals surface area contributed by atoms with Crippen LogP contribution in [0.15, 0.2) is 53.3 Å². The summed E-state index contributed by atoms with van der Waals surface area (Å²) < 4.78 is 39.3. The molecule has 0 aliphatic heterocycles. The van der Waals surface area contributed by atoms with Gasteiger partial charge in [0.05, 0.1) is 23.4 Å². The Labute approximate surface area is 183 Å². The predicted octanol–water partition coefficient (Wildman–Crippen LogP) is 5.81. The molecule has 0 fully saturated rings. The summed E-state index contributed by atoms with van der Waals surface area (Å²) in [5.41, 5.74) is 2.63. The number of aryl methyl sites for hydroxylation is 1. The van der Waals surface area contributed by atoms with Crippen molar-refractivity contribution < 1.29 is 18.3 Å². The average molecular weight is 436 g/mol. The molecule has 0 saturated heterocycles. The van der Waals surface area contributed by atoms with Gasteiger partial charge >= 0.3 is 0 Å². The number of hydrogen-bond acceptors (Lipinski definition) is 4. The topological polar surface area (TPSA) is 64.2 Å². The Hall–Kier alpha value is -3.58. The third-order valence-corrected chi connectivity index (χ3v) is 5.17. The first-order valence-corrected chi connectivity index (χ1v) is 10.2. The van der Waals surface area contributed by atoms with Crippen LogP contribution < -0.4 is 10.2 Å². The van der Waals surface area contributed by atoms with Gasteiger partial charge in [0.25, 0.3) is 0 Å². The van der Waals surface area contributed by atoms with E-state index < -0.39 is 11.6 Å². The number of hydrogen-bond donors (Lipinski definition) is 1. The molecule has 2 aromatic heterocycles. The van der Waals surface area contributed by atoms with E-state index in [9.17, 15) is 13.6 Å². The number of ether oxygens (including phenoxy) is 2. The van der Waals surface area contributed by atoms with Crippen LogP contribution in [0.3, 0.4) is 0 Å². The Morgan fingerprint density at radius 2 is 1.84 bits per heavy atom. The first kappa shape index (κ1) is 21.6. The van der Waals surface area contributed by atoms with E-state index in [0.717, 1.165) is 11.5 Å². The molecule has 2 heterocycles. The number of benzene rings is 2. The molecule has 32 heavy (non-hydrogen) atoms. The highest BCUT2D eigenvalue weighted by molar-refractivity contribution is 5.86. The molecule has 0 aliphatic carbocycles. The molecule has 0 amide bonds. The third kappa shape index (κ3) is 4.11. The zero-order valence-corrected chi connectivity index (χ0v) is 18.0. The average Bonchev–Trinajstić information content (AvgIpc) is 2.78. The summed E-state index contributed by atoms with van der Waals surface area (Å²) in [4.78, 5) is 20.6. The smallest absolute Gasteiger partial charge is 0.229 e. The number of halogens is 2. The number of pyridine rings is 2. The van der Waals surface area contributed by atoms with Crippen molar-refractivity contribution in [1.29, 1.82) is 0 Å². The summed E-state index contributed by atoms with van der Waals surface area (Å²) in [5, 5.41) is 0.835. The Bertz CT molecular complexity index is 1370. The van der Waals surface area contributed by atoms with Crippen LogP contribution in [-0.2, 0) is 11.3 Å². The van der Waals surface area contributed by atoms with Gasteiger partial charge in [0.1, 0.15) is 5.75 Å². The van der Waals surface area contributed by atoms with Crippen molar-refractivity contribution in [1.82, 2.24) is 9.97 Å². The fourth-order valence-corrected chi connectivity index (χ4v) is 3.50. The summed E-state index contributed by atoms with van der Waals surface area (Å²) >= 11 is 0. The van der Waals surface area contributed by atoms with Gasteiger partial charge in [-0.15, -0.1) is 0 Å². The quantitative estimate of drug-likeness (QED) is 0.414. The van der Waals surface area contributed by atoms with Gasteiger partial charge in [0.15, 0.2) is 17.1 Å². The maximum Gasteiger partial charge on any atom is 0.229 e. The molecular formula is C25H22F2N2O3. The predicted molar refractivity (Wildman–Crippen MR) is 119 cm³/mol. The fourth-order valence-electron chi connectivity index (χ4n) is 3.50. The van der Waals surface area contributed by atoms with E-state index in [0.29, 0.717) is 34.6 Å². The number of nitrogens with one attached hydrogen (secondary N) is 1. The van der Waals surface area contributed by atoms with E-state index >= 15 is 0 Å². The second-order valence-corrected chi connectivity index (χ2v) is 7.43. The minimum Gasteiger partial charge on any atom is -0.438 e. The number of H-pyrrole nitrogens is 1. The zero-order chi connectivity index (χ0) is 22.8. The largest absolute Gasteiger partial charge is 0.438 e. The highest BCUT2D eigenvalue weighted by Crippen LogP contribution is 2.36. The van der Waals surface area contributed by atoms with E-state index in [1.807, 2.05) is 37.3 Å². The summed E-state index contributed by atoms with van der Waals surface area (Å²) in [6.07, 6.45) is 0. The molecule has 1 N–H and O–H groups in total. The normalized spacial score (nSPS) is 11.2. The van der Waals surface area contributed by atoms with E-state index in [1.54, 1.807) is 6.92 Å². The Morgan fingerprint density at radius 3 is 2.62 bits per heavy atom. The van der Waals surface area contributed by atoms with Gasteiger partial charge in [-0.25, -0.2) is 13.8 Å². The molecule has 0 saturated carbocycles. The summed E-state index contributed by atoms with van der Waals surface area (Å²) in [5.74, 6) is -1.64. The summed E-state index contributed by atoms with van der Waals surface area (Å²) in [6.45, 7) is 5.62. The van der Waals surface area contributed by atoms with Crippen LogP contribution in [0.25, 0.3) is 22.2 Å². The Morgan fingerprint density at radius 1 is 1.06 bits per heavy atom. The monoisotopic (exact) mass is 436 g/mol. The van der Waals surface area contributed by atoms with Gasteiger partial charge in [-0.1, -0.05) is 18.2 Å². The van der Waals surface area contributed by atoms with Crippen LogP contribution in [0.1, 0.15) is 23.7 Å². The highest BCUT2D eigenvalue weighted by atomic mass is 19.2. The van der Waals surface area contributed by atoms with Crippen molar-refractivity contribution in [3.8, 4) is 22.9 Å². The minimum absolute atomic E-state index is 0.0261. The maximum atomic E-state index is 14.1. The van der Waals surface area contributed by atoms with Crippen molar-refractivity contribution >= 4 is 10.9 Å². The number of fused-ring (bicyclic) bond motifs is 1. The van der Waals surface area contributed by atoms with Crippen LogP contribution in [-0.4, -0.2) is 16.6 Å². The van der Waals surface area contributed by atoms with Crippen molar-refractivity contribution in [3.63, 3.8) is 0 Å². The van der Waals surface area contributed by atoms with E-state index in [2.05, 4.69) is 9.97 Å². The summed E-state index contributed by atoms with van der Waals surface area (Å²) in [6, 6.07) is 13.2.